The fourth-order valence-electron chi connectivity index (χ4n) is 6.64. The summed E-state index contributed by atoms with van der Waals surface area (Å²) >= 11 is 0. The Kier molecular flexibility index (Phi) is 4.19. The van der Waals surface area contributed by atoms with Gasteiger partial charge < -0.3 is 5.32 Å². The average molecular weight is 445 g/mol. The lowest BCUT2D eigenvalue weighted by Crippen LogP contribution is -2.41. The van der Waals surface area contributed by atoms with Gasteiger partial charge in [0, 0.05) is 36.0 Å². The molecule has 4 heteroatoms. The number of nitrogens with zero attached hydrogens (tertiary/aromatic N) is 1. The molecule has 4 aromatic carbocycles. The first-order chi connectivity index (χ1) is 16.7. The second kappa shape index (κ2) is 7.29. The summed E-state index contributed by atoms with van der Waals surface area (Å²) in [7, 11) is 0. The van der Waals surface area contributed by atoms with Gasteiger partial charge in [-0.15, -0.1) is 0 Å². The van der Waals surface area contributed by atoms with E-state index in [9.17, 15) is 9.59 Å². The van der Waals surface area contributed by atoms with Crippen molar-refractivity contribution in [2.24, 2.45) is 11.8 Å². The van der Waals surface area contributed by atoms with Crippen LogP contribution in [-0.2, 0) is 9.59 Å². The second-order valence-electron chi connectivity index (χ2n) is 9.55. The minimum absolute atomic E-state index is 0.0197. The Morgan fingerprint density at radius 1 is 0.618 bits per heavy atom. The van der Waals surface area contributed by atoms with Gasteiger partial charge in [0.2, 0.25) is 11.8 Å². The molecule has 2 amide bonds. The molecule has 4 aliphatic rings. The molecule has 4 nitrogen and oxygen atoms in total. The maximum absolute atomic E-state index is 13.7. The maximum atomic E-state index is 13.7. The molecule has 1 saturated heterocycles. The van der Waals surface area contributed by atoms with Gasteiger partial charge in [-0.25, -0.2) is 0 Å². The smallest absolute Gasteiger partial charge is 0.234 e. The van der Waals surface area contributed by atoms with E-state index in [1.54, 1.807) is 0 Å². The van der Waals surface area contributed by atoms with Gasteiger partial charge >= 0.3 is 0 Å². The summed E-state index contributed by atoms with van der Waals surface area (Å²) in [6.45, 7) is 0.903. The molecule has 0 aromatic heterocycles. The first kappa shape index (κ1) is 19.5. The van der Waals surface area contributed by atoms with Gasteiger partial charge in [0.05, 0.1) is 11.8 Å². The highest BCUT2D eigenvalue weighted by molar-refractivity contribution is 6.07. The summed E-state index contributed by atoms with van der Waals surface area (Å²) < 4.78 is 0. The lowest BCUT2D eigenvalue weighted by atomic mass is 9.55. The maximum Gasteiger partial charge on any atom is 0.234 e. The van der Waals surface area contributed by atoms with E-state index in [2.05, 4.69) is 47.8 Å². The van der Waals surface area contributed by atoms with E-state index in [0.29, 0.717) is 13.1 Å². The van der Waals surface area contributed by atoms with Crippen molar-refractivity contribution < 1.29 is 9.59 Å². The number of hydrogen-bond donors (Lipinski definition) is 1. The second-order valence-corrected chi connectivity index (χ2v) is 9.55. The molecule has 1 heterocycles. The number of rotatable bonds is 4. The quantitative estimate of drug-likeness (QED) is 0.443. The summed E-state index contributed by atoms with van der Waals surface area (Å²) in [5.41, 5.74) is 5.87. The molecule has 1 unspecified atom stereocenters. The van der Waals surface area contributed by atoms with Crippen LogP contribution in [0.5, 0.6) is 0 Å². The van der Waals surface area contributed by atoms with Gasteiger partial charge in [0.15, 0.2) is 0 Å². The number of likely N-dealkylation sites (tertiary alicyclic amines) is 1. The number of imide groups is 1. The number of amides is 2. The number of nitrogens with one attached hydrogen (secondary N) is 1. The topological polar surface area (TPSA) is 49.4 Å². The van der Waals surface area contributed by atoms with E-state index in [1.807, 2.05) is 48.5 Å². The molecule has 2 atom stereocenters. The van der Waals surface area contributed by atoms with Crippen LogP contribution in [0.25, 0.3) is 10.8 Å². The van der Waals surface area contributed by atoms with Crippen LogP contribution in [0.2, 0.25) is 0 Å². The van der Waals surface area contributed by atoms with Gasteiger partial charge in [-0.1, -0.05) is 84.9 Å². The largest absolute Gasteiger partial charge is 0.383 e. The van der Waals surface area contributed by atoms with E-state index >= 15 is 0 Å². The Bertz CT molecular complexity index is 1350. The zero-order valence-electron chi connectivity index (χ0n) is 18.6. The Morgan fingerprint density at radius 3 is 1.71 bits per heavy atom. The highest BCUT2D eigenvalue weighted by atomic mass is 16.2. The van der Waals surface area contributed by atoms with Crippen molar-refractivity contribution in [3.8, 4) is 0 Å². The van der Waals surface area contributed by atoms with Gasteiger partial charge in [-0.3, -0.25) is 14.5 Å². The summed E-state index contributed by atoms with van der Waals surface area (Å²) in [4.78, 5) is 28.9. The Labute approximate surface area is 198 Å². The standard InChI is InChI=1S/C30H24N2O2/c33-29-27-25-20-11-3-4-12-21(20)26(23-14-6-5-13-22(23)25)28(27)30(34)32(29)17-16-31-24-15-7-9-18-8-1-2-10-19(18)24/h1-15,25-28,31H,16-17H2/t25?,26?,27-,28?/m0/s1. The third kappa shape index (κ3) is 2.59. The molecule has 34 heavy (non-hydrogen) atoms. The molecule has 166 valence electrons. The van der Waals surface area contributed by atoms with Crippen LogP contribution in [-0.4, -0.2) is 29.8 Å². The van der Waals surface area contributed by atoms with Crippen molar-refractivity contribution in [1.82, 2.24) is 4.90 Å². The molecule has 4 aromatic rings. The first-order valence-corrected chi connectivity index (χ1v) is 12.0. The molecule has 0 saturated carbocycles. The highest BCUT2D eigenvalue weighted by Crippen LogP contribution is 2.60. The summed E-state index contributed by atoms with van der Waals surface area (Å²) in [5, 5.41) is 5.77. The number of carbonyl (C=O) groups excluding carboxylic acids is 2. The molecule has 1 N–H and O–H groups in total. The predicted octanol–water partition coefficient (Wildman–Crippen LogP) is 5.14. The molecule has 3 aliphatic carbocycles. The SMILES string of the molecule is O=C1C2C3c4ccccc4C(c4ccccc43)[C@@H]2C(=O)N1CCNc1cccc2ccccc12. The van der Waals surface area contributed by atoms with Crippen LogP contribution in [0, 0.1) is 11.8 Å². The molecular weight excluding hydrogens is 420 g/mol. The Hall–Kier alpha value is -3.92. The minimum atomic E-state index is -0.306. The highest BCUT2D eigenvalue weighted by Gasteiger charge is 2.61. The summed E-state index contributed by atoms with van der Waals surface area (Å²) in [6, 6.07) is 31.1. The van der Waals surface area contributed by atoms with Crippen LogP contribution in [0.4, 0.5) is 5.69 Å². The van der Waals surface area contributed by atoms with Crippen molar-refractivity contribution >= 4 is 28.3 Å². The van der Waals surface area contributed by atoms with Gasteiger partial charge in [0.1, 0.15) is 0 Å². The third-order valence-electron chi connectivity index (χ3n) is 7.98. The lowest BCUT2D eigenvalue weighted by molar-refractivity contribution is -0.139. The number of anilines is 1. The zero-order valence-corrected chi connectivity index (χ0v) is 18.6. The lowest BCUT2D eigenvalue weighted by Gasteiger charge is -2.45. The van der Waals surface area contributed by atoms with Crippen molar-refractivity contribution in [3.05, 3.63) is 113 Å². The van der Waals surface area contributed by atoms with E-state index < -0.39 is 0 Å². The van der Waals surface area contributed by atoms with E-state index in [1.165, 1.54) is 32.5 Å². The fraction of sp³-hybridized carbons (Fsp3) is 0.200. The normalized spacial score (nSPS) is 24.2. The van der Waals surface area contributed by atoms with Crippen LogP contribution in [0.15, 0.2) is 91.0 Å². The van der Waals surface area contributed by atoms with E-state index in [-0.39, 0.29) is 35.5 Å². The van der Waals surface area contributed by atoms with E-state index in [0.717, 1.165) is 11.1 Å². The van der Waals surface area contributed by atoms with Gasteiger partial charge in [-0.05, 0) is 33.7 Å². The van der Waals surface area contributed by atoms with Gasteiger partial charge in [-0.2, -0.15) is 0 Å². The third-order valence-corrected chi connectivity index (χ3v) is 7.98. The average Bonchev–Trinajstić information content (AvgIpc) is 3.14. The van der Waals surface area contributed by atoms with Crippen molar-refractivity contribution in [2.75, 3.05) is 18.4 Å². The van der Waals surface area contributed by atoms with Crippen molar-refractivity contribution in [1.29, 1.82) is 0 Å². The zero-order chi connectivity index (χ0) is 22.8. The molecule has 8 rings (SSSR count). The number of benzene rings is 4. The van der Waals surface area contributed by atoms with Crippen LogP contribution in [0.1, 0.15) is 34.1 Å². The Balaban J connectivity index is 1.20. The molecule has 1 fully saturated rings. The van der Waals surface area contributed by atoms with Crippen LogP contribution < -0.4 is 5.32 Å². The molecule has 0 spiro atoms. The first-order valence-electron chi connectivity index (χ1n) is 12.0. The number of fused-ring (bicyclic) bond motifs is 1. The van der Waals surface area contributed by atoms with Crippen LogP contribution >= 0.6 is 0 Å². The van der Waals surface area contributed by atoms with Crippen molar-refractivity contribution in [3.63, 3.8) is 0 Å². The molecular formula is C30H24N2O2. The molecule has 0 radical (unpaired) electrons. The van der Waals surface area contributed by atoms with Crippen LogP contribution in [0.3, 0.4) is 0 Å². The van der Waals surface area contributed by atoms with Gasteiger partial charge in [0.25, 0.3) is 0 Å². The fourth-order valence-corrected chi connectivity index (χ4v) is 6.64. The van der Waals surface area contributed by atoms with E-state index in [4.69, 9.17) is 0 Å². The molecule has 2 bridgehead atoms. The number of carbonyl (C=O) groups is 2. The summed E-state index contributed by atoms with van der Waals surface area (Å²) in [6.07, 6.45) is 0. The summed E-state index contributed by atoms with van der Waals surface area (Å²) in [5.74, 6) is -0.744. The monoisotopic (exact) mass is 444 g/mol. The molecule has 1 aliphatic heterocycles. The Morgan fingerprint density at radius 2 is 1.12 bits per heavy atom. The predicted molar refractivity (Wildman–Crippen MR) is 133 cm³/mol. The number of hydrogen-bond acceptors (Lipinski definition) is 3. The minimum Gasteiger partial charge on any atom is -0.383 e. The van der Waals surface area contributed by atoms with Crippen molar-refractivity contribution in [2.45, 2.75) is 11.8 Å².